The van der Waals surface area contributed by atoms with Gasteiger partial charge in [-0.25, -0.2) is 0 Å². The van der Waals surface area contributed by atoms with Crippen LogP contribution in [0.2, 0.25) is 39.3 Å². The molecule has 1 aromatic heterocycles. The van der Waals surface area contributed by atoms with Crippen LogP contribution in [0.5, 0.6) is 0 Å². The predicted octanol–water partition coefficient (Wildman–Crippen LogP) is 3.53. The lowest BCUT2D eigenvalue weighted by atomic mass is 10.2. The molecular weight excluding hydrogens is 330 g/mol. The summed E-state index contributed by atoms with van der Waals surface area (Å²) < 4.78 is 6.36. The van der Waals surface area contributed by atoms with Crippen LogP contribution in [-0.2, 0) is 13.1 Å². The van der Waals surface area contributed by atoms with Crippen molar-refractivity contribution in [1.29, 1.82) is 0 Å². The number of benzene rings is 1. The minimum atomic E-state index is -1.70. The van der Waals surface area contributed by atoms with E-state index in [1.54, 1.807) is 0 Å². The molecule has 0 saturated carbocycles. The third-order valence-electron chi connectivity index (χ3n) is 4.44. The summed E-state index contributed by atoms with van der Waals surface area (Å²) in [6.45, 7) is 15.0. The molecule has 0 spiro atoms. The van der Waals surface area contributed by atoms with E-state index in [0.717, 1.165) is 16.3 Å². The van der Waals surface area contributed by atoms with Gasteiger partial charge >= 0.3 is 0 Å². The lowest BCUT2D eigenvalue weighted by molar-refractivity contribution is 0.0765. The smallest absolute Gasteiger partial charge is 0.257 e. The minimum absolute atomic E-state index is 0.152. The van der Waals surface area contributed by atoms with Gasteiger partial charge in [-0.05, 0) is 5.56 Å². The molecule has 0 bridgehead atoms. The van der Waals surface area contributed by atoms with Crippen LogP contribution in [0.15, 0.2) is 34.7 Å². The predicted molar refractivity (Wildman–Crippen MR) is 105 cm³/mol. The summed E-state index contributed by atoms with van der Waals surface area (Å²) in [6.07, 6.45) is 0. The number of fused-ring (bicyclic) bond motifs is 1. The molecule has 2 aromatic rings. The minimum Gasteiger partial charge on any atom is -0.475 e. The molecule has 0 aliphatic carbocycles. The Morgan fingerprint density at radius 2 is 1.54 bits per heavy atom. The van der Waals surface area contributed by atoms with E-state index < -0.39 is 16.1 Å². The first-order valence-corrected chi connectivity index (χ1v) is 15.6. The number of hydrogen-bond donors (Lipinski definition) is 0. The van der Waals surface area contributed by atoms with Crippen molar-refractivity contribution in [2.75, 3.05) is 0 Å². The van der Waals surface area contributed by atoms with Crippen LogP contribution in [0.1, 0.15) is 21.5 Å². The van der Waals surface area contributed by atoms with Gasteiger partial charge < -0.3 is 9.32 Å². The molecule has 0 unspecified atom stereocenters. The first kappa shape index (κ1) is 17.2. The Balaban J connectivity index is 2.02. The quantitative estimate of drug-likeness (QED) is 0.785. The molecule has 128 valence electrons. The lowest BCUT2D eigenvalue weighted by Gasteiger charge is -2.21. The van der Waals surface area contributed by atoms with Crippen molar-refractivity contribution < 1.29 is 9.21 Å². The highest BCUT2D eigenvalue weighted by molar-refractivity contribution is 6.91. The fourth-order valence-electron chi connectivity index (χ4n) is 3.33. The number of furan rings is 1. The molecule has 3 rings (SSSR count). The number of carbonyl (C=O) groups excluding carboxylic acids is 1. The van der Waals surface area contributed by atoms with Gasteiger partial charge in [0.25, 0.3) is 5.91 Å². The molecule has 1 aliphatic rings. The largest absolute Gasteiger partial charge is 0.475 e. The van der Waals surface area contributed by atoms with E-state index in [9.17, 15) is 4.79 Å². The molecule has 1 aliphatic heterocycles. The highest BCUT2D eigenvalue weighted by atomic mass is 28.3. The normalized spacial score (nSPS) is 15.1. The van der Waals surface area contributed by atoms with Crippen molar-refractivity contribution in [2.24, 2.45) is 0 Å². The van der Waals surface area contributed by atoms with Gasteiger partial charge in [-0.15, -0.1) is 0 Å². The van der Waals surface area contributed by atoms with Crippen LogP contribution in [0.25, 0.3) is 0 Å². The molecule has 24 heavy (non-hydrogen) atoms. The van der Waals surface area contributed by atoms with Gasteiger partial charge in [-0.1, -0.05) is 69.6 Å². The molecule has 1 amide bonds. The molecule has 1 aromatic carbocycles. The molecule has 0 atom stereocenters. The van der Waals surface area contributed by atoms with Crippen LogP contribution in [0.3, 0.4) is 0 Å². The summed E-state index contributed by atoms with van der Waals surface area (Å²) in [7, 11) is -3.33. The Kier molecular flexibility index (Phi) is 4.12. The van der Waals surface area contributed by atoms with Crippen molar-refractivity contribution in [3.63, 3.8) is 0 Å². The van der Waals surface area contributed by atoms with Gasteiger partial charge in [-0.3, -0.25) is 4.79 Å². The van der Waals surface area contributed by atoms with Crippen molar-refractivity contribution in [3.8, 4) is 0 Å². The van der Waals surface area contributed by atoms with Crippen LogP contribution in [0.4, 0.5) is 0 Å². The maximum absolute atomic E-state index is 13.1. The molecule has 5 heteroatoms. The van der Waals surface area contributed by atoms with E-state index in [-0.39, 0.29) is 5.91 Å². The van der Waals surface area contributed by atoms with Crippen molar-refractivity contribution in [3.05, 3.63) is 47.0 Å². The second-order valence-corrected chi connectivity index (χ2v) is 18.7. The Bertz CT molecular complexity index is 767. The van der Waals surface area contributed by atoms with E-state index in [1.807, 2.05) is 23.1 Å². The number of rotatable bonds is 4. The third kappa shape index (κ3) is 3.02. The topological polar surface area (TPSA) is 33.5 Å². The van der Waals surface area contributed by atoms with Crippen LogP contribution in [-0.4, -0.2) is 27.0 Å². The van der Waals surface area contributed by atoms with Crippen molar-refractivity contribution in [1.82, 2.24) is 4.90 Å². The summed E-state index contributed by atoms with van der Waals surface area (Å²) in [6, 6.07) is 10.2. The first-order valence-electron chi connectivity index (χ1n) is 8.59. The Hall–Kier alpha value is -1.60. The number of amides is 1. The highest BCUT2D eigenvalue weighted by Crippen LogP contribution is 2.27. The summed E-state index contributed by atoms with van der Waals surface area (Å²) in [5, 5.41) is 2.12. The second-order valence-electron chi connectivity index (χ2n) is 8.76. The summed E-state index contributed by atoms with van der Waals surface area (Å²) in [5.41, 5.74) is 3.24. The molecule has 0 radical (unpaired) electrons. The fraction of sp³-hybridized carbons (Fsp3) is 0.421. The summed E-state index contributed by atoms with van der Waals surface area (Å²) >= 11 is 0. The van der Waals surface area contributed by atoms with Gasteiger partial charge in [0.15, 0.2) is 0 Å². The fourth-order valence-corrected chi connectivity index (χ4v) is 6.36. The van der Waals surface area contributed by atoms with E-state index in [1.165, 1.54) is 11.1 Å². The van der Waals surface area contributed by atoms with Gasteiger partial charge in [0.2, 0.25) is 0 Å². The zero-order valence-electron chi connectivity index (χ0n) is 15.6. The number of carbonyl (C=O) groups is 1. The lowest BCUT2D eigenvalue weighted by Crippen LogP contribution is -2.44. The maximum Gasteiger partial charge on any atom is 0.257 e. The monoisotopic (exact) mass is 357 g/mol. The van der Waals surface area contributed by atoms with Crippen molar-refractivity contribution >= 4 is 32.8 Å². The molecule has 3 nitrogen and oxygen atoms in total. The SMILES string of the molecule is C[Si](C)(C)c1oc([Si](C)(C)C)c2c1CN(Cc1ccccc1)C2=O. The van der Waals surface area contributed by atoms with Crippen LogP contribution in [0, 0.1) is 0 Å². The summed E-state index contributed by atoms with van der Waals surface area (Å²) in [5.74, 6) is 0.152. The van der Waals surface area contributed by atoms with E-state index in [0.29, 0.717) is 13.1 Å². The zero-order valence-corrected chi connectivity index (χ0v) is 17.6. The van der Waals surface area contributed by atoms with E-state index in [4.69, 9.17) is 4.42 Å². The van der Waals surface area contributed by atoms with Crippen molar-refractivity contribution in [2.45, 2.75) is 52.4 Å². The van der Waals surface area contributed by atoms with Crippen LogP contribution < -0.4 is 10.8 Å². The van der Waals surface area contributed by atoms with Gasteiger partial charge in [0.1, 0.15) is 16.1 Å². The standard InChI is InChI=1S/C19H27NO2Si2/c1-23(2,3)18-15-13-20(12-14-10-8-7-9-11-14)17(21)16(15)19(22-18)24(4,5)6/h7-11H,12-13H2,1-6H3. The van der Waals surface area contributed by atoms with E-state index >= 15 is 0 Å². The Labute approximate surface area is 146 Å². The average Bonchev–Trinajstić information content (AvgIpc) is 2.98. The van der Waals surface area contributed by atoms with Gasteiger partial charge in [0.05, 0.1) is 22.9 Å². The van der Waals surface area contributed by atoms with Gasteiger partial charge in [0, 0.05) is 12.1 Å². The van der Waals surface area contributed by atoms with E-state index in [2.05, 4.69) is 51.4 Å². The molecular formula is C19H27NO2Si2. The zero-order chi connectivity index (χ0) is 17.7. The number of nitrogens with zero attached hydrogens (tertiary/aromatic N) is 1. The highest BCUT2D eigenvalue weighted by Gasteiger charge is 2.42. The molecule has 2 heterocycles. The molecule has 0 saturated heterocycles. The van der Waals surface area contributed by atoms with Crippen LogP contribution >= 0.6 is 0 Å². The maximum atomic E-state index is 13.1. The first-order chi connectivity index (χ1) is 11.1. The van der Waals surface area contributed by atoms with Gasteiger partial charge in [-0.2, -0.15) is 0 Å². The Morgan fingerprint density at radius 3 is 2.08 bits per heavy atom. The average molecular weight is 358 g/mol. The summed E-state index contributed by atoms with van der Waals surface area (Å²) in [4.78, 5) is 15.1. The molecule has 0 fully saturated rings. The second kappa shape index (κ2) is 5.74. The Morgan fingerprint density at radius 1 is 0.958 bits per heavy atom. The third-order valence-corrected chi connectivity index (χ3v) is 7.92. The number of hydrogen-bond acceptors (Lipinski definition) is 2. The molecule has 0 N–H and O–H groups in total.